The third kappa shape index (κ3) is 3.50. The Bertz CT molecular complexity index is 440. The molecule has 0 saturated carbocycles. The van der Waals surface area contributed by atoms with Crippen LogP contribution in [0.25, 0.3) is 0 Å². The van der Waals surface area contributed by atoms with Crippen molar-refractivity contribution in [3.63, 3.8) is 0 Å². The van der Waals surface area contributed by atoms with Gasteiger partial charge >= 0.3 is 0 Å². The van der Waals surface area contributed by atoms with Gasteiger partial charge in [0.2, 0.25) is 0 Å². The average molecular weight is 289 g/mol. The predicted octanol–water partition coefficient (Wildman–Crippen LogP) is 1.82. The molecule has 2 unspecified atom stereocenters. The Balaban J connectivity index is 1.50. The first-order valence-corrected chi connectivity index (χ1v) is 8.11. The van der Waals surface area contributed by atoms with E-state index in [1.165, 1.54) is 38.3 Å². The highest BCUT2D eigenvalue weighted by Crippen LogP contribution is 2.22. The minimum atomic E-state index is 0.685. The molecule has 2 heterocycles. The summed E-state index contributed by atoms with van der Waals surface area (Å²) in [5, 5.41) is 3.56. The number of hydrogen-bond donors (Lipinski definition) is 1. The summed E-state index contributed by atoms with van der Waals surface area (Å²) in [4.78, 5) is 5.11. The maximum Gasteiger partial charge on any atom is 0.119 e. The molecule has 0 aliphatic carbocycles. The lowest BCUT2D eigenvalue weighted by Crippen LogP contribution is -2.48. The highest BCUT2D eigenvalue weighted by Gasteiger charge is 2.26. The van der Waals surface area contributed by atoms with Crippen LogP contribution in [0.15, 0.2) is 24.3 Å². The Morgan fingerprint density at radius 1 is 1.14 bits per heavy atom. The summed E-state index contributed by atoms with van der Waals surface area (Å²) in [5.41, 5.74) is 1.31. The highest BCUT2D eigenvalue weighted by molar-refractivity contribution is 5.49. The van der Waals surface area contributed by atoms with Gasteiger partial charge < -0.3 is 15.0 Å². The zero-order chi connectivity index (χ0) is 14.7. The van der Waals surface area contributed by atoms with Crippen molar-refractivity contribution < 1.29 is 4.74 Å². The number of ether oxygens (including phenoxy) is 1. The van der Waals surface area contributed by atoms with Crippen LogP contribution in [0.2, 0.25) is 0 Å². The molecule has 0 bridgehead atoms. The van der Waals surface area contributed by atoms with Crippen molar-refractivity contribution in [2.24, 2.45) is 5.92 Å². The molecule has 0 spiro atoms. The Morgan fingerprint density at radius 2 is 1.86 bits per heavy atom. The molecule has 2 atom stereocenters. The maximum absolute atomic E-state index is 5.23. The molecule has 2 aliphatic heterocycles. The minimum Gasteiger partial charge on any atom is -0.497 e. The molecule has 3 rings (SSSR count). The van der Waals surface area contributed by atoms with Crippen molar-refractivity contribution in [1.82, 2.24) is 10.2 Å². The zero-order valence-corrected chi connectivity index (χ0v) is 13.2. The summed E-state index contributed by atoms with van der Waals surface area (Å²) in [7, 11) is 1.71. The fourth-order valence-corrected chi connectivity index (χ4v) is 3.48. The molecule has 2 saturated heterocycles. The molecule has 1 N–H and O–H groups in total. The number of hydrogen-bond acceptors (Lipinski definition) is 4. The molecule has 2 aliphatic rings. The summed E-state index contributed by atoms with van der Waals surface area (Å²) >= 11 is 0. The molecule has 4 nitrogen and oxygen atoms in total. The standard InChI is InChI=1S/C17H27N3O/c1-14-15(7-8-18-14)13-19-9-11-20(12-10-19)16-3-5-17(21-2)6-4-16/h3-6,14-15,18H,7-13H2,1-2H3. The molecule has 0 aromatic heterocycles. The Hall–Kier alpha value is -1.26. The number of nitrogens with zero attached hydrogens (tertiary/aromatic N) is 2. The van der Waals surface area contributed by atoms with Crippen LogP contribution in [0.3, 0.4) is 0 Å². The van der Waals surface area contributed by atoms with Crippen LogP contribution in [0.1, 0.15) is 13.3 Å². The second-order valence-electron chi connectivity index (χ2n) is 6.28. The predicted molar refractivity (Wildman–Crippen MR) is 87.2 cm³/mol. The summed E-state index contributed by atoms with van der Waals surface area (Å²) in [6.45, 7) is 9.37. The SMILES string of the molecule is COc1ccc(N2CCN(CC3CCNC3C)CC2)cc1. The van der Waals surface area contributed by atoms with Crippen LogP contribution in [0, 0.1) is 5.92 Å². The van der Waals surface area contributed by atoms with Gasteiger partial charge in [0.25, 0.3) is 0 Å². The van der Waals surface area contributed by atoms with Gasteiger partial charge in [-0.05, 0) is 50.1 Å². The van der Waals surface area contributed by atoms with Gasteiger partial charge in [0.05, 0.1) is 7.11 Å². The first-order chi connectivity index (χ1) is 10.3. The van der Waals surface area contributed by atoms with Crippen molar-refractivity contribution in [3.05, 3.63) is 24.3 Å². The van der Waals surface area contributed by atoms with E-state index in [0.29, 0.717) is 6.04 Å². The molecular weight excluding hydrogens is 262 g/mol. The second-order valence-corrected chi connectivity index (χ2v) is 6.28. The number of methoxy groups -OCH3 is 1. The summed E-state index contributed by atoms with van der Waals surface area (Å²) in [6, 6.07) is 9.11. The molecule has 1 aromatic rings. The molecule has 0 radical (unpaired) electrons. The van der Waals surface area contributed by atoms with Crippen LogP contribution in [0.5, 0.6) is 5.75 Å². The molecule has 21 heavy (non-hydrogen) atoms. The summed E-state index contributed by atoms with van der Waals surface area (Å²) < 4.78 is 5.23. The first kappa shape index (κ1) is 14.7. The molecule has 116 valence electrons. The molecule has 2 fully saturated rings. The van der Waals surface area contributed by atoms with E-state index in [1.54, 1.807) is 7.11 Å². The van der Waals surface area contributed by atoms with E-state index in [0.717, 1.165) is 24.8 Å². The van der Waals surface area contributed by atoms with Gasteiger partial charge in [0.15, 0.2) is 0 Å². The second kappa shape index (κ2) is 6.67. The fraction of sp³-hybridized carbons (Fsp3) is 0.647. The Labute approximate surface area is 128 Å². The van der Waals surface area contributed by atoms with E-state index in [2.05, 4.69) is 34.2 Å². The molecule has 0 amide bonds. The molecular formula is C17H27N3O. The topological polar surface area (TPSA) is 27.7 Å². The van der Waals surface area contributed by atoms with Gasteiger partial charge in [-0.3, -0.25) is 4.90 Å². The van der Waals surface area contributed by atoms with Gasteiger partial charge in [-0.15, -0.1) is 0 Å². The maximum atomic E-state index is 5.23. The van der Waals surface area contributed by atoms with E-state index in [4.69, 9.17) is 4.74 Å². The largest absolute Gasteiger partial charge is 0.497 e. The van der Waals surface area contributed by atoms with Crippen LogP contribution < -0.4 is 15.0 Å². The van der Waals surface area contributed by atoms with Gasteiger partial charge in [-0.25, -0.2) is 0 Å². The van der Waals surface area contributed by atoms with Crippen LogP contribution >= 0.6 is 0 Å². The van der Waals surface area contributed by atoms with Gasteiger partial charge in [-0.1, -0.05) is 0 Å². The number of benzene rings is 1. The van der Waals surface area contributed by atoms with Crippen molar-refractivity contribution in [1.29, 1.82) is 0 Å². The number of nitrogens with one attached hydrogen (secondary N) is 1. The lowest BCUT2D eigenvalue weighted by molar-refractivity contribution is 0.212. The van der Waals surface area contributed by atoms with Gasteiger partial charge in [0, 0.05) is 44.5 Å². The lowest BCUT2D eigenvalue weighted by atomic mass is 10.0. The number of piperazine rings is 1. The number of anilines is 1. The average Bonchev–Trinajstić information content (AvgIpc) is 2.93. The van der Waals surface area contributed by atoms with Crippen LogP contribution in [-0.2, 0) is 0 Å². The Morgan fingerprint density at radius 3 is 2.43 bits per heavy atom. The lowest BCUT2D eigenvalue weighted by Gasteiger charge is -2.37. The van der Waals surface area contributed by atoms with E-state index in [1.807, 2.05) is 12.1 Å². The summed E-state index contributed by atoms with van der Waals surface area (Å²) in [6.07, 6.45) is 1.33. The third-order valence-electron chi connectivity index (χ3n) is 4.99. The quantitative estimate of drug-likeness (QED) is 0.915. The minimum absolute atomic E-state index is 0.685. The molecule has 1 aromatic carbocycles. The van der Waals surface area contributed by atoms with E-state index >= 15 is 0 Å². The fourth-order valence-electron chi connectivity index (χ4n) is 3.48. The van der Waals surface area contributed by atoms with E-state index < -0.39 is 0 Å². The van der Waals surface area contributed by atoms with Crippen LogP contribution in [-0.4, -0.2) is 57.3 Å². The van der Waals surface area contributed by atoms with Gasteiger partial charge in [0.1, 0.15) is 5.75 Å². The van der Waals surface area contributed by atoms with Gasteiger partial charge in [-0.2, -0.15) is 0 Å². The third-order valence-corrected chi connectivity index (χ3v) is 4.99. The number of rotatable bonds is 4. The summed E-state index contributed by atoms with van der Waals surface area (Å²) in [5.74, 6) is 1.76. The van der Waals surface area contributed by atoms with Crippen LogP contribution in [0.4, 0.5) is 5.69 Å². The van der Waals surface area contributed by atoms with Crippen molar-refractivity contribution >= 4 is 5.69 Å². The molecule has 4 heteroatoms. The Kier molecular flexibility index (Phi) is 4.66. The van der Waals surface area contributed by atoms with Crippen molar-refractivity contribution in [2.45, 2.75) is 19.4 Å². The first-order valence-electron chi connectivity index (χ1n) is 8.11. The van der Waals surface area contributed by atoms with Crippen molar-refractivity contribution in [2.75, 3.05) is 51.3 Å². The van der Waals surface area contributed by atoms with E-state index in [-0.39, 0.29) is 0 Å². The highest BCUT2D eigenvalue weighted by atomic mass is 16.5. The normalized spacial score (nSPS) is 27.0. The van der Waals surface area contributed by atoms with Crippen molar-refractivity contribution in [3.8, 4) is 5.75 Å². The van der Waals surface area contributed by atoms with E-state index in [9.17, 15) is 0 Å². The zero-order valence-electron chi connectivity index (χ0n) is 13.2. The monoisotopic (exact) mass is 289 g/mol. The smallest absolute Gasteiger partial charge is 0.119 e.